The van der Waals surface area contributed by atoms with E-state index in [4.69, 9.17) is 0 Å². The Balaban J connectivity index is 2.22. The number of hydrogen-bond acceptors (Lipinski definition) is 4. The molecule has 2 aromatic heterocycles. The SMILES string of the molecule is Cc1sc(=O)n(Cc2c(C(=O)O)sc3ccccc23)c1C. The Hall–Kier alpha value is -1.92. The van der Waals surface area contributed by atoms with E-state index in [-0.39, 0.29) is 4.87 Å². The van der Waals surface area contributed by atoms with Gasteiger partial charge in [-0.15, -0.1) is 11.3 Å². The van der Waals surface area contributed by atoms with Gasteiger partial charge in [0.2, 0.25) is 0 Å². The topological polar surface area (TPSA) is 59.3 Å². The van der Waals surface area contributed by atoms with Crippen LogP contribution in [-0.4, -0.2) is 15.6 Å². The molecule has 6 heteroatoms. The maximum Gasteiger partial charge on any atom is 0.346 e. The normalized spacial score (nSPS) is 11.1. The molecule has 0 aliphatic rings. The van der Waals surface area contributed by atoms with E-state index < -0.39 is 5.97 Å². The highest BCUT2D eigenvalue weighted by Gasteiger charge is 2.19. The number of carboxylic acids is 1. The molecule has 0 aliphatic heterocycles. The van der Waals surface area contributed by atoms with E-state index in [1.807, 2.05) is 38.1 Å². The van der Waals surface area contributed by atoms with E-state index >= 15 is 0 Å². The summed E-state index contributed by atoms with van der Waals surface area (Å²) < 4.78 is 2.59. The zero-order valence-corrected chi connectivity index (χ0v) is 13.2. The number of carboxylic acid groups (broad SMARTS) is 1. The first-order chi connectivity index (χ1) is 9.99. The maximum atomic E-state index is 12.0. The van der Waals surface area contributed by atoms with Gasteiger partial charge in [-0.25, -0.2) is 4.79 Å². The van der Waals surface area contributed by atoms with Gasteiger partial charge >= 0.3 is 10.8 Å². The van der Waals surface area contributed by atoms with Gasteiger partial charge in [0.1, 0.15) is 4.88 Å². The van der Waals surface area contributed by atoms with Crippen LogP contribution in [0.25, 0.3) is 10.1 Å². The van der Waals surface area contributed by atoms with Crippen molar-refractivity contribution in [3.05, 3.63) is 54.9 Å². The van der Waals surface area contributed by atoms with Crippen LogP contribution in [0.5, 0.6) is 0 Å². The highest BCUT2D eigenvalue weighted by Crippen LogP contribution is 2.32. The molecular weight excluding hydrogens is 306 g/mol. The summed E-state index contributed by atoms with van der Waals surface area (Å²) in [5, 5.41) is 10.3. The standard InChI is InChI=1S/C15H13NO3S2/c1-8-9(2)20-15(19)16(8)7-11-10-5-3-4-6-12(10)21-13(11)14(17)18/h3-6H,7H2,1-2H3,(H,17,18). The van der Waals surface area contributed by atoms with Gasteiger partial charge in [-0.2, -0.15) is 0 Å². The molecule has 1 aromatic carbocycles. The van der Waals surface area contributed by atoms with Gasteiger partial charge in [-0.1, -0.05) is 29.5 Å². The summed E-state index contributed by atoms with van der Waals surface area (Å²) in [7, 11) is 0. The number of carbonyl (C=O) groups is 1. The fourth-order valence-corrected chi connectivity index (χ4v) is 4.24. The van der Waals surface area contributed by atoms with Crippen LogP contribution < -0.4 is 4.87 Å². The van der Waals surface area contributed by atoms with Crippen LogP contribution in [0.2, 0.25) is 0 Å². The number of thiophene rings is 1. The molecule has 1 N–H and O–H groups in total. The van der Waals surface area contributed by atoms with Gasteiger partial charge < -0.3 is 5.11 Å². The van der Waals surface area contributed by atoms with Crippen LogP contribution in [0, 0.1) is 13.8 Å². The van der Waals surface area contributed by atoms with Gasteiger partial charge in [0, 0.05) is 20.8 Å². The lowest BCUT2D eigenvalue weighted by Gasteiger charge is -2.06. The summed E-state index contributed by atoms with van der Waals surface area (Å²) >= 11 is 2.46. The van der Waals surface area contributed by atoms with E-state index in [2.05, 4.69) is 0 Å². The predicted molar refractivity (Wildman–Crippen MR) is 85.9 cm³/mol. The summed E-state index contributed by atoms with van der Waals surface area (Å²) in [5.41, 5.74) is 1.61. The molecule has 0 unspecified atom stereocenters. The highest BCUT2D eigenvalue weighted by molar-refractivity contribution is 7.21. The second-order valence-electron chi connectivity index (χ2n) is 4.81. The highest BCUT2D eigenvalue weighted by atomic mass is 32.1. The van der Waals surface area contributed by atoms with Crippen molar-refractivity contribution in [1.29, 1.82) is 0 Å². The van der Waals surface area contributed by atoms with Gasteiger partial charge in [0.25, 0.3) is 0 Å². The van der Waals surface area contributed by atoms with E-state index in [0.717, 1.165) is 20.7 Å². The molecule has 0 amide bonds. The summed E-state index contributed by atoms with van der Waals surface area (Å²) in [6.45, 7) is 4.10. The zero-order valence-electron chi connectivity index (χ0n) is 11.5. The van der Waals surface area contributed by atoms with Crippen molar-refractivity contribution in [1.82, 2.24) is 4.57 Å². The van der Waals surface area contributed by atoms with Gasteiger partial charge in [0.15, 0.2) is 0 Å². The molecule has 0 saturated heterocycles. The number of nitrogens with zero attached hydrogens (tertiary/aromatic N) is 1. The molecule has 108 valence electrons. The molecule has 21 heavy (non-hydrogen) atoms. The van der Waals surface area contributed by atoms with Crippen molar-refractivity contribution in [3.8, 4) is 0 Å². The van der Waals surface area contributed by atoms with Crippen molar-refractivity contribution < 1.29 is 9.90 Å². The average Bonchev–Trinajstić information content (AvgIpc) is 2.93. The minimum atomic E-state index is -0.941. The Labute approximate surface area is 128 Å². The van der Waals surface area contributed by atoms with Crippen LogP contribution in [0.1, 0.15) is 25.8 Å². The van der Waals surface area contributed by atoms with Crippen molar-refractivity contribution >= 4 is 38.7 Å². The largest absolute Gasteiger partial charge is 0.477 e. The lowest BCUT2D eigenvalue weighted by atomic mass is 10.1. The number of aromatic carboxylic acids is 1. The molecule has 2 heterocycles. The van der Waals surface area contributed by atoms with Crippen molar-refractivity contribution in [3.63, 3.8) is 0 Å². The molecular formula is C15H13NO3S2. The molecule has 0 spiro atoms. The lowest BCUT2D eigenvalue weighted by Crippen LogP contribution is -2.16. The molecule has 0 saturated carbocycles. The third-order valence-corrected chi connectivity index (χ3v) is 5.78. The molecule has 0 aliphatic carbocycles. The number of fused-ring (bicyclic) bond motifs is 1. The first kappa shape index (κ1) is 14.0. The minimum absolute atomic E-state index is 0.0448. The third kappa shape index (κ3) is 2.30. The summed E-state index contributed by atoms with van der Waals surface area (Å²) in [6, 6.07) is 7.59. The fourth-order valence-electron chi connectivity index (χ4n) is 2.36. The smallest absolute Gasteiger partial charge is 0.346 e. The molecule has 3 rings (SSSR count). The van der Waals surface area contributed by atoms with E-state index in [0.29, 0.717) is 17.0 Å². The van der Waals surface area contributed by atoms with Crippen LogP contribution in [0.3, 0.4) is 0 Å². The second-order valence-corrected chi connectivity index (χ2v) is 7.02. The van der Waals surface area contributed by atoms with E-state index in [1.165, 1.54) is 22.7 Å². The van der Waals surface area contributed by atoms with Crippen LogP contribution >= 0.6 is 22.7 Å². The third-order valence-electron chi connectivity index (χ3n) is 3.58. The molecule has 0 atom stereocenters. The van der Waals surface area contributed by atoms with E-state index in [9.17, 15) is 14.7 Å². The zero-order chi connectivity index (χ0) is 15.1. The Bertz CT molecular complexity index is 901. The van der Waals surface area contributed by atoms with E-state index in [1.54, 1.807) is 4.57 Å². The molecule has 0 fully saturated rings. The number of hydrogen-bond donors (Lipinski definition) is 1. The van der Waals surface area contributed by atoms with Gasteiger partial charge in [-0.3, -0.25) is 9.36 Å². The first-order valence-electron chi connectivity index (χ1n) is 6.39. The number of thiazole rings is 1. The summed E-state index contributed by atoms with van der Waals surface area (Å²) in [6.07, 6.45) is 0. The number of aromatic nitrogens is 1. The lowest BCUT2D eigenvalue weighted by molar-refractivity contribution is 0.0701. The Morgan fingerprint density at radius 2 is 1.95 bits per heavy atom. The Morgan fingerprint density at radius 1 is 1.24 bits per heavy atom. The summed E-state index contributed by atoms with van der Waals surface area (Å²) in [4.78, 5) is 24.8. The molecule has 4 nitrogen and oxygen atoms in total. The minimum Gasteiger partial charge on any atom is -0.477 e. The Morgan fingerprint density at radius 3 is 2.57 bits per heavy atom. The monoisotopic (exact) mass is 319 g/mol. The van der Waals surface area contributed by atoms with Crippen LogP contribution in [-0.2, 0) is 6.54 Å². The van der Waals surface area contributed by atoms with Gasteiger partial charge in [-0.05, 0) is 25.3 Å². The van der Waals surface area contributed by atoms with Gasteiger partial charge in [0.05, 0.1) is 6.54 Å². The number of aryl methyl sites for hydroxylation is 1. The predicted octanol–water partition coefficient (Wildman–Crippen LogP) is 3.49. The Kier molecular flexibility index (Phi) is 3.43. The maximum absolute atomic E-state index is 12.0. The van der Waals surface area contributed by atoms with Crippen molar-refractivity contribution in [2.45, 2.75) is 20.4 Å². The quantitative estimate of drug-likeness (QED) is 0.804. The molecule has 0 bridgehead atoms. The van der Waals surface area contributed by atoms with Crippen LogP contribution in [0.4, 0.5) is 0 Å². The number of rotatable bonds is 3. The van der Waals surface area contributed by atoms with Crippen molar-refractivity contribution in [2.75, 3.05) is 0 Å². The summed E-state index contributed by atoms with van der Waals surface area (Å²) in [5.74, 6) is -0.941. The fraction of sp³-hybridized carbons (Fsp3) is 0.200. The first-order valence-corrected chi connectivity index (χ1v) is 8.03. The second kappa shape index (κ2) is 5.13. The van der Waals surface area contributed by atoms with Crippen LogP contribution in [0.15, 0.2) is 29.1 Å². The molecule has 3 aromatic rings. The van der Waals surface area contributed by atoms with Crippen molar-refractivity contribution in [2.24, 2.45) is 0 Å². The average molecular weight is 319 g/mol. The number of benzene rings is 1. The molecule has 0 radical (unpaired) electrons.